The van der Waals surface area contributed by atoms with Crippen molar-refractivity contribution in [3.63, 3.8) is 0 Å². The van der Waals surface area contributed by atoms with Crippen LogP contribution in [0.1, 0.15) is 5.56 Å². The number of amides is 1. The van der Waals surface area contributed by atoms with E-state index in [2.05, 4.69) is 16.9 Å². The van der Waals surface area contributed by atoms with Crippen LogP contribution < -0.4 is 10.5 Å². The fourth-order valence-corrected chi connectivity index (χ4v) is 3.84. The van der Waals surface area contributed by atoms with Crippen LogP contribution in [0.2, 0.25) is 5.02 Å². The highest BCUT2D eigenvalue weighted by Crippen LogP contribution is 2.25. The van der Waals surface area contributed by atoms with Crippen molar-refractivity contribution >= 4 is 23.2 Å². The van der Waals surface area contributed by atoms with E-state index in [9.17, 15) is 9.59 Å². The summed E-state index contributed by atoms with van der Waals surface area (Å²) in [5.74, 6) is -0.0997. The minimum Gasteiger partial charge on any atom is -0.368 e. The topological polar surface area (TPSA) is 58.4 Å². The van der Waals surface area contributed by atoms with Gasteiger partial charge in [0.25, 0.3) is 5.56 Å². The number of rotatable bonds is 4. The predicted octanol–water partition coefficient (Wildman–Crippen LogP) is 3.22. The van der Waals surface area contributed by atoms with Crippen LogP contribution in [-0.4, -0.2) is 46.8 Å². The Labute approximate surface area is 180 Å². The molecule has 0 saturated carbocycles. The van der Waals surface area contributed by atoms with Crippen molar-refractivity contribution in [2.75, 3.05) is 31.1 Å². The van der Waals surface area contributed by atoms with Crippen molar-refractivity contribution in [3.05, 3.63) is 81.6 Å². The zero-order chi connectivity index (χ0) is 21.1. The lowest BCUT2D eigenvalue weighted by Crippen LogP contribution is -2.50. The summed E-state index contributed by atoms with van der Waals surface area (Å²) in [6, 6.07) is 18.6. The number of hydrogen-bond donors (Lipinski definition) is 0. The van der Waals surface area contributed by atoms with Gasteiger partial charge in [-0.05, 0) is 30.7 Å². The number of carbonyl (C=O) groups is 1. The predicted molar refractivity (Wildman–Crippen MR) is 119 cm³/mol. The van der Waals surface area contributed by atoms with Crippen molar-refractivity contribution in [1.29, 1.82) is 0 Å². The van der Waals surface area contributed by atoms with Crippen LogP contribution >= 0.6 is 11.6 Å². The fraction of sp³-hybridized carbons (Fsp3) is 0.261. The summed E-state index contributed by atoms with van der Waals surface area (Å²) < 4.78 is 1.25. The molecule has 0 atom stereocenters. The Kier molecular flexibility index (Phi) is 5.86. The van der Waals surface area contributed by atoms with E-state index < -0.39 is 0 Å². The van der Waals surface area contributed by atoms with E-state index in [1.807, 2.05) is 48.5 Å². The first-order chi connectivity index (χ1) is 14.5. The molecule has 154 valence electrons. The second-order valence-corrected chi connectivity index (χ2v) is 7.82. The fourth-order valence-electron chi connectivity index (χ4n) is 3.67. The van der Waals surface area contributed by atoms with Gasteiger partial charge in [0.05, 0.1) is 5.69 Å². The standard InChI is InChI=1S/C23H23ClN4O2/c1-17-7-8-19(24)15-21(17)26-11-13-27(14-12-26)23(30)16-28-22(29)10-9-20(25-28)18-5-3-2-4-6-18/h2-10,15H,11-14,16H2,1H3. The summed E-state index contributed by atoms with van der Waals surface area (Å²) in [6.07, 6.45) is 0. The van der Waals surface area contributed by atoms with Crippen LogP contribution in [-0.2, 0) is 11.3 Å². The average Bonchev–Trinajstić information content (AvgIpc) is 2.77. The first-order valence-electron chi connectivity index (χ1n) is 9.94. The molecule has 3 aromatic rings. The zero-order valence-electron chi connectivity index (χ0n) is 16.8. The molecule has 2 aromatic carbocycles. The molecule has 0 aliphatic carbocycles. The van der Waals surface area contributed by atoms with Gasteiger partial charge in [-0.15, -0.1) is 0 Å². The number of carbonyl (C=O) groups excluding carboxylic acids is 1. The second-order valence-electron chi connectivity index (χ2n) is 7.38. The van der Waals surface area contributed by atoms with E-state index in [0.717, 1.165) is 29.9 Å². The molecular formula is C23H23ClN4O2. The van der Waals surface area contributed by atoms with Crippen molar-refractivity contribution in [2.45, 2.75) is 13.5 Å². The van der Waals surface area contributed by atoms with Gasteiger partial charge in [-0.3, -0.25) is 9.59 Å². The lowest BCUT2D eigenvalue weighted by atomic mass is 10.1. The maximum absolute atomic E-state index is 12.8. The van der Waals surface area contributed by atoms with E-state index in [4.69, 9.17) is 11.6 Å². The number of anilines is 1. The molecule has 6 nitrogen and oxygen atoms in total. The molecule has 1 aliphatic rings. The zero-order valence-corrected chi connectivity index (χ0v) is 17.5. The van der Waals surface area contributed by atoms with Gasteiger partial charge < -0.3 is 9.80 Å². The summed E-state index contributed by atoms with van der Waals surface area (Å²) in [4.78, 5) is 29.1. The number of aromatic nitrogens is 2. The highest BCUT2D eigenvalue weighted by atomic mass is 35.5. The van der Waals surface area contributed by atoms with E-state index in [1.165, 1.54) is 10.7 Å². The first kappa shape index (κ1) is 20.2. The van der Waals surface area contributed by atoms with Crippen LogP contribution in [0, 0.1) is 6.92 Å². The SMILES string of the molecule is Cc1ccc(Cl)cc1N1CCN(C(=O)Cn2nc(-c3ccccc3)ccc2=O)CC1. The molecule has 4 rings (SSSR count). The molecule has 7 heteroatoms. The average molecular weight is 423 g/mol. The van der Waals surface area contributed by atoms with Crippen LogP contribution in [0.5, 0.6) is 0 Å². The van der Waals surface area contributed by atoms with Crippen LogP contribution in [0.25, 0.3) is 11.3 Å². The quantitative estimate of drug-likeness (QED) is 0.647. The third-order valence-corrected chi connectivity index (χ3v) is 5.60. The molecule has 2 heterocycles. The maximum Gasteiger partial charge on any atom is 0.267 e. The minimum absolute atomic E-state index is 0.0598. The smallest absolute Gasteiger partial charge is 0.267 e. The molecule has 0 spiro atoms. The Morgan fingerprint density at radius 2 is 1.73 bits per heavy atom. The van der Waals surface area contributed by atoms with Crippen LogP contribution in [0.4, 0.5) is 5.69 Å². The summed E-state index contributed by atoms with van der Waals surface area (Å²) >= 11 is 6.15. The Hall–Kier alpha value is -3.12. The summed E-state index contributed by atoms with van der Waals surface area (Å²) in [5, 5.41) is 5.10. The Morgan fingerprint density at radius 3 is 2.47 bits per heavy atom. The van der Waals surface area contributed by atoms with Gasteiger partial charge >= 0.3 is 0 Å². The largest absolute Gasteiger partial charge is 0.368 e. The van der Waals surface area contributed by atoms with E-state index in [1.54, 1.807) is 11.0 Å². The van der Waals surface area contributed by atoms with Gasteiger partial charge in [0.1, 0.15) is 6.54 Å². The van der Waals surface area contributed by atoms with Gasteiger partial charge in [0, 0.05) is 48.5 Å². The molecule has 0 N–H and O–H groups in total. The Balaban J connectivity index is 1.43. The van der Waals surface area contributed by atoms with Crippen molar-refractivity contribution in [1.82, 2.24) is 14.7 Å². The Morgan fingerprint density at radius 1 is 1.00 bits per heavy atom. The molecular weight excluding hydrogens is 400 g/mol. The number of benzene rings is 2. The lowest BCUT2D eigenvalue weighted by molar-refractivity contribution is -0.132. The van der Waals surface area contributed by atoms with E-state index in [0.29, 0.717) is 23.8 Å². The molecule has 1 aliphatic heterocycles. The highest BCUT2D eigenvalue weighted by molar-refractivity contribution is 6.30. The summed E-state index contributed by atoms with van der Waals surface area (Å²) in [5.41, 5.74) is 3.56. The molecule has 0 unspecified atom stereocenters. The number of halogens is 1. The van der Waals surface area contributed by atoms with Crippen LogP contribution in [0.15, 0.2) is 65.5 Å². The Bertz CT molecular complexity index is 1110. The van der Waals surface area contributed by atoms with Crippen molar-refractivity contribution < 1.29 is 4.79 Å². The summed E-state index contributed by atoms with van der Waals surface area (Å²) in [7, 11) is 0. The lowest BCUT2D eigenvalue weighted by Gasteiger charge is -2.37. The number of nitrogens with zero attached hydrogens (tertiary/aromatic N) is 4. The van der Waals surface area contributed by atoms with Gasteiger partial charge in [0.15, 0.2) is 0 Å². The highest BCUT2D eigenvalue weighted by Gasteiger charge is 2.23. The number of aryl methyl sites for hydroxylation is 1. The third-order valence-electron chi connectivity index (χ3n) is 5.37. The first-order valence-corrected chi connectivity index (χ1v) is 10.3. The van der Waals surface area contributed by atoms with Gasteiger partial charge in [-0.1, -0.05) is 48.0 Å². The monoisotopic (exact) mass is 422 g/mol. The number of hydrogen-bond acceptors (Lipinski definition) is 4. The summed E-state index contributed by atoms with van der Waals surface area (Å²) in [6.45, 7) is 4.63. The minimum atomic E-state index is -0.281. The van der Waals surface area contributed by atoms with E-state index in [-0.39, 0.29) is 18.0 Å². The molecule has 30 heavy (non-hydrogen) atoms. The molecule has 1 fully saturated rings. The van der Waals surface area contributed by atoms with Gasteiger partial charge in [-0.2, -0.15) is 5.10 Å². The number of piperazine rings is 1. The van der Waals surface area contributed by atoms with Gasteiger partial charge in [0.2, 0.25) is 5.91 Å². The maximum atomic E-state index is 12.8. The molecule has 1 aromatic heterocycles. The second kappa shape index (κ2) is 8.71. The molecule has 0 bridgehead atoms. The third kappa shape index (κ3) is 4.39. The van der Waals surface area contributed by atoms with E-state index >= 15 is 0 Å². The normalized spacial score (nSPS) is 14.1. The van der Waals surface area contributed by atoms with Crippen molar-refractivity contribution in [2.24, 2.45) is 0 Å². The van der Waals surface area contributed by atoms with Crippen LogP contribution in [0.3, 0.4) is 0 Å². The van der Waals surface area contributed by atoms with Crippen molar-refractivity contribution in [3.8, 4) is 11.3 Å². The molecule has 0 radical (unpaired) electrons. The van der Waals surface area contributed by atoms with Gasteiger partial charge in [-0.25, -0.2) is 4.68 Å². The molecule has 1 amide bonds. The molecule has 1 saturated heterocycles.